The van der Waals surface area contributed by atoms with Crippen LogP contribution in [-0.2, 0) is 17.7 Å². The van der Waals surface area contributed by atoms with Crippen LogP contribution in [0.3, 0.4) is 0 Å². The van der Waals surface area contributed by atoms with Gasteiger partial charge >= 0.3 is 0 Å². The summed E-state index contributed by atoms with van der Waals surface area (Å²) < 4.78 is 7.30. The SMILES string of the molecule is CCc1ccc[n+](CCOCCO)c1. The standard InChI is InChI=1S/C11H18NO2/c1-2-11-4-3-5-12(10-11)6-8-14-9-7-13/h3-5,10,13H,2,6-9H2,1H3/q+1. The van der Waals surface area contributed by atoms with Gasteiger partial charge in [-0.2, -0.15) is 0 Å². The van der Waals surface area contributed by atoms with Crippen LogP contribution >= 0.6 is 0 Å². The highest BCUT2D eigenvalue weighted by molar-refractivity contribution is 5.04. The normalized spacial score (nSPS) is 10.4. The Kier molecular flexibility index (Phi) is 5.19. The summed E-state index contributed by atoms with van der Waals surface area (Å²) in [6.07, 6.45) is 5.21. The van der Waals surface area contributed by atoms with Gasteiger partial charge in [0.2, 0.25) is 0 Å². The molecule has 14 heavy (non-hydrogen) atoms. The summed E-state index contributed by atoms with van der Waals surface area (Å²) in [5.41, 5.74) is 1.33. The van der Waals surface area contributed by atoms with Crippen LogP contribution in [0.4, 0.5) is 0 Å². The van der Waals surface area contributed by atoms with Gasteiger partial charge in [0, 0.05) is 11.6 Å². The zero-order valence-corrected chi connectivity index (χ0v) is 8.65. The Morgan fingerprint density at radius 2 is 2.29 bits per heavy atom. The minimum Gasteiger partial charge on any atom is -0.394 e. The molecule has 0 aliphatic heterocycles. The van der Waals surface area contributed by atoms with E-state index in [0.29, 0.717) is 13.2 Å². The number of hydrogen-bond donors (Lipinski definition) is 1. The summed E-state index contributed by atoms with van der Waals surface area (Å²) in [5, 5.41) is 8.51. The van der Waals surface area contributed by atoms with Crippen LogP contribution in [0.5, 0.6) is 0 Å². The fourth-order valence-electron chi connectivity index (χ4n) is 1.26. The third-order valence-corrected chi connectivity index (χ3v) is 2.06. The van der Waals surface area contributed by atoms with Gasteiger partial charge < -0.3 is 9.84 Å². The van der Waals surface area contributed by atoms with Crippen LogP contribution < -0.4 is 4.57 Å². The van der Waals surface area contributed by atoms with Crippen LogP contribution in [0.2, 0.25) is 0 Å². The molecule has 3 heteroatoms. The number of aliphatic hydroxyl groups is 1. The van der Waals surface area contributed by atoms with E-state index in [9.17, 15) is 0 Å². The molecule has 0 spiro atoms. The topological polar surface area (TPSA) is 33.3 Å². The van der Waals surface area contributed by atoms with Crippen molar-refractivity contribution in [3.63, 3.8) is 0 Å². The number of hydrogen-bond acceptors (Lipinski definition) is 2. The molecule has 78 valence electrons. The lowest BCUT2D eigenvalue weighted by Crippen LogP contribution is -2.35. The summed E-state index contributed by atoms with van der Waals surface area (Å²) in [7, 11) is 0. The molecule has 3 nitrogen and oxygen atoms in total. The molecule has 1 aromatic rings. The van der Waals surface area contributed by atoms with Crippen molar-refractivity contribution in [3.05, 3.63) is 30.1 Å². The largest absolute Gasteiger partial charge is 0.394 e. The molecule has 1 heterocycles. The molecule has 0 saturated carbocycles. The molecule has 0 radical (unpaired) electrons. The Bertz CT molecular complexity index is 263. The summed E-state index contributed by atoms with van der Waals surface area (Å²) in [5.74, 6) is 0. The third-order valence-electron chi connectivity index (χ3n) is 2.06. The number of rotatable bonds is 6. The maximum absolute atomic E-state index is 8.51. The van der Waals surface area contributed by atoms with Gasteiger partial charge in [0.15, 0.2) is 18.9 Å². The number of aliphatic hydroxyl groups excluding tert-OH is 1. The second kappa shape index (κ2) is 6.51. The molecule has 0 fully saturated rings. The lowest BCUT2D eigenvalue weighted by molar-refractivity contribution is -0.698. The van der Waals surface area contributed by atoms with Gasteiger partial charge in [-0.3, -0.25) is 0 Å². The van der Waals surface area contributed by atoms with E-state index in [1.807, 2.05) is 12.3 Å². The predicted molar refractivity (Wildman–Crippen MR) is 53.9 cm³/mol. The van der Waals surface area contributed by atoms with Crippen LogP contribution in [-0.4, -0.2) is 24.9 Å². The molecule has 0 amide bonds. The molecule has 0 atom stereocenters. The van der Waals surface area contributed by atoms with Crippen molar-refractivity contribution in [2.45, 2.75) is 19.9 Å². The summed E-state index contributed by atoms with van der Waals surface area (Å²) >= 11 is 0. The fraction of sp³-hybridized carbons (Fsp3) is 0.545. The summed E-state index contributed by atoms with van der Waals surface area (Å²) in [4.78, 5) is 0. The van der Waals surface area contributed by atoms with Gasteiger partial charge in [-0.05, 0) is 12.5 Å². The van der Waals surface area contributed by atoms with Crippen LogP contribution in [0.15, 0.2) is 24.5 Å². The van der Waals surface area contributed by atoms with Crippen molar-refractivity contribution in [2.75, 3.05) is 19.8 Å². The number of pyridine rings is 1. The smallest absolute Gasteiger partial charge is 0.172 e. The van der Waals surface area contributed by atoms with Gasteiger partial charge in [0.05, 0.1) is 13.2 Å². The van der Waals surface area contributed by atoms with Crippen molar-refractivity contribution in [3.8, 4) is 0 Å². The molecule has 0 aliphatic rings. The highest BCUT2D eigenvalue weighted by Gasteiger charge is 2.00. The maximum atomic E-state index is 8.51. The first-order valence-electron chi connectivity index (χ1n) is 5.03. The van der Waals surface area contributed by atoms with Crippen LogP contribution in [0.25, 0.3) is 0 Å². The molecular weight excluding hydrogens is 178 g/mol. The Labute approximate surface area is 85.0 Å². The quantitative estimate of drug-likeness (QED) is 0.532. The zero-order chi connectivity index (χ0) is 10.2. The van der Waals surface area contributed by atoms with E-state index in [1.54, 1.807) is 0 Å². The van der Waals surface area contributed by atoms with E-state index in [2.05, 4.69) is 23.8 Å². The summed E-state index contributed by atoms with van der Waals surface area (Å²) in [6.45, 7) is 4.15. The number of aryl methyl sites for hydroxylation is 1. The average Bonchev–Trinajstić information content (AvgIpc) is 2.25. The van der Waals surface area contributed by atoms with E-state index < -0.39 is 0 Å². The Morgan fingerprint density at radius 3 is 3.00 bits per heavy atom. The van der Waals surface area contributed by atoms with Gasteiger partial charge in [-0.15, -0.1) is 0 Å². The Balaban J connectivity index is 2.34. The average molecular weight is 196 g/mol. The minimum atomic E-state index is 0.0969. The molecule has 0 unspecified atom stereocenters. The van der Waals surface area contributed by atoms with Crippen molar-refractivity contribution in [1.82, 2.24) is 0 Å². The first-order chi connectivity index (χ1) is 6.86. The minimum absolute atomic E-state index is 0.0969. The number of nitrogens with zero attached hydrogens (tertiary/aromatic N) is 1. The van der Waals surface area contributed by atoms with Crippen molar-refractivity contribution >= 4 is 0 Å². The molecule has 0 saturated heterocycles. The lowest BCUT2D eigenvalue weighted by Gasteiger charge is -2.00. The second-order valence-corrected chi connectivity index (χ2v) is 3.14. The lowest BCUT2D eigenvalue weighted by atomic mass is 10.2. The van der Waals surface area contributed by atoms with E-state index in [1.165, 1.54) is 5.56 Å². The van der Waals surface area contributed by atoms with E-state index >= 15 is 0 Å². The highest BCUT2D eigenvalue weighted by atomic mass is 16.5. The predicted octanol–water partition coefficient (Wildman–Crippen LogP) is 0.545. The molecule has 1 aromatic heterocycles. The van der Waals surface area contributed by atoms with Gasteiger partial charge in [0.25, 0.3) is 0 Å². The van der Waals surface area contributed by atoms with Gasteiger partial charge in [0.1, 0.15) is 6.61 Å². The molecule has 1 N–H and O–H groups in total. The first-order valence-corrected chi connectivity index (χ1v) is 5.03. The van der Waals surface area contributed by atoms with E-state index in [0.717, 1.165) is 13.0 Å². The van der Waals surface area contributed by atoms with Crippen molar-refractivity contribution in [2.24, 2.45) is 0 Å². The van der Waals surface area contributed by atoms with E-state index in [-0.39, 0.29) is 6.61 Å². The maximum Gasteiger partial charge on any atom is 0.172 e. The zero-order valence-electron chi connectivity index (χ0n) is 8.65. The fourth-order valence-corrected chi connectivity index (χ4v) is 1.26. The van der Waals surface area contributed by atoms with Crippen LogP contribution in [0, 0.1) is 0 Å². The Morgan fingerprint density at radius 1 is 1.43 bits per heavy atom. The third kappa shape index (κ3) is 3.85. The van der Waals surface area contributed by atoms with Gasteiger partial charge in [-0.25, -0.2) is 4.57 Å². The Hall–Kier alpha value is -0.930. The molecular formula is C11H18NO2+. The first kappa shape index (κ1) is 11.1. The van der Waals surface area contributed by atoms with Crippen LogP contribution in [0.1, 0.15) is 12.5 Å². The van der Waals surface area contributed by atoms with Crippen molar-refractivity contribution < 1.29 is 14.4 Å². The van der Waals surface area contributed by atoms with E-state index in [4.69, 9.17) is 9.84 Å². The monoisotopic (exact) mass is 196 g/mol. The van der Waals surface area contributed by atoms with Gasteiger partial charge in [-0.1, -0.05) is 6.92 Å². The number of aromatic nitrogens is 1. The second-order valence-electron chi connectivity index (χ2n) is 3.14. The highest BCUT2D eigenvalue weighted by Crippen LogP contribution is 1.94. The molecule has 0 aromatic carbocycles. The molecule has 0 bridgehead atoms. The molecule has 0 aliphatic carbocycles. The summed E-state index contributed by atoms with van der Waals surface area (Å²) in [6, 6.07) is 4.16. The van der Waals surface area contributed by atoms with Crippen molar-refractivity contribution in [1.29, 1.82) is 0 Å². The number of ether oxygens (including phenoxy) is 1. The molecule has 1 rings (SSSR count).